The smallest absolute Gasteiger partial charge is 0.200 e. The minimum Gasteiger partial charge on any atom is -0.413 e. The van der Waals surface area contributed by atoms with Crippen molar-refractivity contribution in [3.8, 4) is 0 Å². The van der Waals surface area contributed by atoms with Gasteiger partial charge in [-0.1, -0.05) is 83.1 Å². The summed E-state index contributed by atoms with van der Waals surface area (Å²) in [5.74, 6) is 0.443. The lowest BCUT2D eigenvalue weighted by Crippen LogP contribution is -2.53. The molecular formula is C29H55N5O3SSi2. The molecular weight excluding hydrogens is 555 g/mol. The third-order valence-electron chi connectivity index (χ3n) is 9.40. The second kappa shape index (κ2) is 13.1. The van der Waals surface area contributed by atoms with E-state index >= 15 is 0 Å². The van der Waals surface area contributed by atoms with Crippen LogP contribution in [0.1, 0.15) is 95.7 Å². The van der Waals surface area contributed by atoms with Gasteiger partial charge in [0.1, 0.15) is 23.3 Å². The zero-order chi connectivity index (χ0) is 30.2. The number of fused-ring (bicyclic) bond motifs is 1. The standard InChI is InChI=1S/C29H55N5O3SSi2/c1-17(2)39(18(3)4,19(5)6)35-15-24-23(37-40(20(7)8,21(9)10)22(11)12)14-25(36-24)34-28-26(29(33-34)38-13)27(30)31-16-32-28/h16-25H,14-15H2,1-13H3,(H2,30,31,32)/t23-,24+,25+/m0/s1. The number of hydrogen-bond acceptors (Lipinski definition) is 8. The molecule has 0 aliphatic carbocycles. The van der Waals surface area contributed by atoms with Gasteiger partial charge in [0.05, 0.1) is 18.1 Å². The second-order valence-electron chi connectivity index (χ2n) is 13.4. The number of nitrogens with two attached hydrogens (primary N) is 1. The first-order valence-electron chi connectivity index (χ1n) is 15.1. The van der Waals surface area contributed by atoms with E-state index in [0.29, 0.717) is 57.7 Å². The molecule has 2 N–H and O–H groups in total. The van der Waals surface area contributed by atoms with Crippen molar-refractivity contribution in [1.29, 1.82) is 0 Å². The average molecular weight is 610 g/mol. The zero-order valence-corrected chi connectivity index (χ0v) is 30.0. The fraction of sp³-hybridized carbons (Fsp3) is 0.828. The van der Waals surface area contributed by atoms with Crippen molar-refractivity contribution < 1.29 is 13.6 Å². The maximum absolute atomic E-state index is 7.41. The highest BCUT2D eigenvalue weighted by atomic mass is 32.2. The van der Waals surface area contributed by atoms with Gasteiger partial charge in [-0.3, -0.25) is 0 Å². The van der Waals surface area contributed by atoms with Crippen LogP contribution in [0.5, 0.6) is 0 Å². The van der Waals surface area contributed by atoms with E-state index in [9.17, 15) is 0 Å². The Morgan fingerprint density at radius 2 is 1.43 bits per heavy atom. The van der Waals surface area contributed by atoms with Gasteiger partial charge >= 0.3 is 0 Å². The summed E-state index contributed by atoms with van der Waals surface area (Å²) < 4.78 is 23.3. The molecule has 1 aliphatic rings. The number of hydrogen-bond donors (Lipinski definition) is 1. The Bertz CT molecular complexity index is 1080. The van der Waals surface area contributed by atoms with E-state index in [-0.39, 0.29) is 18.4 Å². The van der Waals surface area contributed by atoms with E-state index in [4.69, 9.17) is 24.4 Å². The Morgan fingerprint density at radius 1 is 0.900 bits per heavy atom. The first kappa shape index (κ1) is 33.5. The van der Waals surface area contributed by atoms with Gasteiger partial charge in [-0.05, 0) is 39.5 Å². The molecule has 2 aromatic heterocycles. The molecule has 1 aliphatic heterocycles. The van der Waals surface area contributed by atoms with Gasteiger partial charge in [0.15, 0.2) is 20.2 Å². The molecule has 0 aromatic carbocycles. The normalized spacial score (nSPS) is 21.0. The molecule has 3 heterocycles. The number of anilines is 1. The van der Waals surface area contributed by atoms with Crippen LogP contribution in [0.15, 0.2) is 11.4 Å². The first-order valence-corrected chi connectivity index (χ1v) is 20.6. The first-order chi connectivity index (χ1) is 18.6. The van der Waals surface area contributed by atoms with Gasteiger partial charge in [-0.25, -0.2) is 14.6 Å². The van der Waals surface area contributed by atoms with E-state index < -0.39 is 16.6 Å². The Labute approximate surface area is 249 Å². The molecule has 1 fully saturated rings. The minimum atomic E-state index is -2.17. The highest BCUT2D eigenvalue weighted by molar-refractivity contribution is 7.98. The predicted molar refractivity (Wildman–Crippen MR) is 173 cm³/mol. The van der Waals surface area contributed by atoms with Gasteiger partial charge in [-0.2, -0.15) is 5.10 Å². The molecule has 0 saturated carbocycles. The quantitative estimate of drug-likeness (QED) is 0.179. The van der Waals surface area contributed by atoms with Crippen molar-refractivity contribution >= 4 is 45.2 Å². The molecule has 3 rings (SSSR count). The highest BCUT2D eigenvalue weighted by Crippen LogP contribution is 2.47. The van der Waals surface area contributed by atoms with Gasteiger partial charge in [-0.15, -0.1) is 11.8 Å². The number of thioether (sulfide) groups is 1. The van der Waals surface area contributed by atoms with Gasteiger partial charge in [0, 0.05) is 6.42 Å². The molecule has 0 spiro atoms. The molecule has 8 nitrogen and oxygen atoms in total. The van der Waals surface area contributed by atoms with Crippen molar-refractivity contribution in [1.82, 2.24) is 19.7 Å². The summed E-state index contributed by atoms with van der Waals surface area (Å²) in [6.45, 7) is 28.5. The van der Waals surface area contributed by atoms with Crippen LogP contribution in [0.4, 0.5) is 5.82 Å². The maximum atomic E-state index is 7.41. The molecule has 40 heavy (non-hydrogen) atoms. The molecule has 11 heteroatoms. The van der Waals surface area contributed by atoms with Crippen LogP contribution >= 0.6 is 11.8 Å². The topological polar surface area (TPSA) is 97.3 Å². The minimum absolute atomic E-state index is 0.0850. The summed E-state index contributed by atoms with van der Waals surface area (Å²) in [5.41, 5.74) is 9.90. The maximum Gasteiger partial charge on any atom is 0.200 e. The van der Waals surface area contributed by atoms with Crippen LogP contribution in [0.2, 0.25) is 33.2 Å². The van der Waals surface area contributed by atoms with Crippen LogP contribution in [0, 0.1) is 0 Å². The van der Waals surface area contributed by atoms with Crippen LogP contribution in [0.3, 0.4) is 0 Å². The molecule has 228 valence electrons. The Kier molecular flexibility index (Phi) is 11.0. The van der Waals surface area contributed by atoms with E-state index in [1.165, 1.54) is 6.33 Å². The Hall–Kier alpha value is -0.986. The summed E-state index contributed by atoms with van der Waals surface area (Å²) in [7, 11) is -4.26. The fourth-order valence-corrected chi connectivity index (χ4v) is 19.4. The summed E-state index contributed by atoms with van der Waals surface area (Å²) in [5, 5.41) is 6.51. The monoisotopic (exact) mass is 609 g/mol. The highest BCUT2D eigenvalue weighted by Gasteiger charge is 2.52. The van der Waals surface area contributed by atoms with Crippen molar-refractivity contribution in [2.24, 2.45) is 0 Å². The van der Waals surface area contributed by atoms with E-state index in [0.717, 1.165) is 10.4 Å². The number of rotatable bonds is 13. The Morgan fingerprint density at radius 3 is 1.90 bits per heavy atom. The molecule has 0 radical (unpaired) electrons. The van der Waals surface area contributed by atoms with Gasteiger partial charge in [0.2, 0.25) is 8.32 Å². The lowest BCUT2D eigenvalue weighted by molar-refractivity contribution is -0.0438. The molecule has 0 amide bonds. The van der Waals surface area contributed by atoms with Gasteiger partial charge < -0.3 is 19.3 Å². The molecule has 2 aromatic rings. The third kappa shape index (κ3) is 5.92. The lowest BCUT2D eigenvalue weighted by Gasteiger charge is -2.45. The summed E-state index contributed by atoms with van der Waals surface area (Å²) in [4.78, 5) is 8.80. The summed E-state index contributed by atoms with van der Waals surface area (Å²) >= 11 is 1.55. The molecule has 1 saturated heterocycles. The molecule has 0 bridgehead atoms. The average Bonchev–Trinajstić information content (AvgIpc) is 3.43. The number of ether oxygens (including phenoxy) is 1. The van der Waals surface area contributed by atoms with Crippen molar-refractivity contribution in [3.05, 3.63) is 6.33 Å². The second-order valence-corrected chi connectivity index (χ2v) is 25.0. The van der Waals surface area contributed by atoms with Crippen LogP contribution < -0.4 is 5.73 Å². The van der Waals surface area contributed by atoms with E-state index in [1.807, 2.05) is 10.9 Å². The number of nitrogens with zero attached hydrogens (tertiary/aromatic N) is 4. The van der Waals surface area contributed by atoms with Crippen molar-refractivity contribution in [2.45, 2.75) is 146 Å². The number of aromatic nitrogens is 4. The molecule has 0 unspecified atom stereocenters. The summed E-state index contributed by atoms with van der Waals surface area (Å²) in [6, 6.07) is 0. The fourth-order valence-electron chi connectivity index (χ4n) is 7.83. The van der Waals surface area contributed by atoms with Crippen LogP contribution in [-0.4, -0.2) is 61.5 Å². The van der Waals surface area contributed by atoms with E-state index in [1.54, 1.807) is 11.8 Å². The SMILES string of the molecule is CSc1nn([C@H]2C[C@H](O[Si](C(C)C)(C(C)C)C(C)C)[C@@H](CO[Si](C(C)C)(C(C)C)C(C)C)O2)c2ncnc(N)c12. The zero-order valence-electron chi connectivity index (χ0n) is 27.2. The summed E-state index contributed by atoms with van der Waals surface area (Å²) in [6.07, 6.45) is 3.61. The van der Waals surface area contributed by atoms with Crippen LogP contribution in [0.25, 0.3) is 11.0 Å². The van der Waals surface area contributed by atoms with Crippen molar-refractivity contribution in [3.63, 3.8) is 0 Å². The van der Waals surface area contributed by atoms with Crippen LogP contribution in [-0.2, 0) is 13.6 Å². The lowest BCUT2D eigenvalue weighted by atomic mass is 10.2. The molecule has 3 atom stereocenters. The Balaban J connectivity index is 2.05. The number of nitrogen functional groups attached to an aromatic ring is 1. The van der Waals surface area contributed by atoms with Crippen molar-refractivity contribution in [2.75, 3.05) is 18.6 Å². The van der Waals surface area contributed by atoms with E-state index in [2.05, 4.69) is 93.1 Å². The third-order valence-corrected chi connectivity index (χ3v) is 22.3. The predicted octanol–water partition coefficient (Wildman–Crippen LogP) is 8.17. The van der Waals surface area contributed by atoms with Gasteiger partial charge in [0.25, 0.3) is 0 Å². The largest absolute Gasteiger partial charge is 0.413 e.